The number of hydrogen-bond acceptors (Lipinski definition) is 5. The molecule has 0 amide bonds. The Hall–Kier alpha value is -2.80. The Bertz CT molecular complexity index is 1070. The van der Waals surface area contributed by atoms with Crippen LogP contribution < -0.4 is 9.47 Å². The minimum Gasteiger partial charge on any atom is -0.493 e. The summed E-state index contributed by atoms with van der Waals surface area (Å²) in [5, 5.41) is 4.67. The lowest BCUT2D eigenvalue weighted by Crippen LogP contribution is -2.05. The van der Waals surface area contributed by atoms with Crippen molar-refractivity contribution < 1.29 is 17.9 Å². The third-order valence-electron chi connectivity index (χ3n) is 4.32. The van der Waals surface area contributed by atoms with E-state index in [1.165, 1.54) is 6.26 Å². The topological polar surface area (TPSA) is 70.4 Å². The highest BCUT2D eigenvalue weighted by molar-refractivity contribution is 7.90. The standard InChI is InChI=1S/C20H22N2O4S/c1-14-10-18(16-8-9-19(25-2)20(12-16)26-3)21-22(14)13-15-6-5-7-17(11-15)27(4,23)24/h5-12H,13H2,1-4H3. The fraction of sp³-hybridized carbons (Fsp3) is 0.250. The predicted octanol–water partition coefficient (Wildman–Crippen LogP) is 3.33. The first-order valence-electron chi connectivity index (χ1n) is 8.37. The van der Waals surface area contributed by atoms with Crippen LogP contribution in [0.25, 0.3) is 11.3 Å². The van der Waals surface area contributed by atoms with Gasteiger partial charge < -0.3 is 9.47 Å². The molecule has 0 bridgehead atoms. The van der Waals surface area contributed by atoms with Gasteiger partial charge in [0.15, 0.2) is 21.3 Å². The van der Waals surface area contributed by atoms with Crippen LogP contribution in [0.5, 0.6) is 11.5 Å². The van der Waals surface area contributed by atoms with Crippen molar-refractivity contribution in [3.63, 3.8) is 0 Å². The maximum Gasteiger partial charge on any atom is 0.175 e. The second-order valence-corrected chi connectivity index (χ2v) is 8.33. The van der Waals surface area contributed by atoms with E-state index in [0.29, 0.717) is 22.9 Å². The Morgan fingerprint density at radius 2 is 1.74 bits per heavy atom. The molecular formula is C20H22N2O4S. The Morgan fingerprint density at radius 3 is 2.41 bits per heavy atom. The lowest BCUT2D eigenvalue weighted by atomic mass is 10.1. The number of ether oxygens (including phenoxy) is 2. The molecule has 0 N–H and O–H groups in total. The van der Waals surface area contributed by atoms with Crippen LogP contribution in [0.1, 0.15) is 11.3 Å². The van der Waals surface area contributed by atoms with E-state index >= 15 is 0 Å². The Kier molecular flexibility index (Phi) is 5.23. The van der Waals surface area contributed by atoms with Gasteiger partial charge in [-0.15, -0.1) is 0 Å². The molecule has 0 aliphatic carbocycles. The van der Waals surface area contributed by atoms with Crippen LogP contribution in [-0.2, 0) is 16.4 Å². The van der Waals surface area contributed by atoms with Crippen LogP contribution in [0.3, 0.4) is 0 Å². The average molecular weight is 386 g/mol. The van der Waals surface area contributed by atoms with Crippen LogP contribution in [0.2, 0.25) is 0 Å². The van der Waals surface area contributed by atoms with Gasteiger partial charge in [-0.05, 0) is 48.9 Å². The molecule has 0 saturated carbocycles. The molecule has 3 aromatic rings. The second-order valence-electron chi connectivity index (χ2n) is 6.32. The van der Waals surface area contributed by atoms with Crippen molar-refractivity contribution in [2.75, 3.05) is 20.5 Å². The monoisotopic (exact) mass is 386 g/mol. The zero-order valence-corrected chi connectivity index (χ0v) is 16.6. The highest BCUT2D eigenvalue weighted by Gasteiger charge is 2.12. The van der Waals surface area contributed by atoms with E-state index in [2.05, 4.69) is 5.10 Å². The fourth-order valence-corrected chi connectivity index (χ4v) is 3.55. The summed E-state index contributed by atoms with van der Waals surface area (Å²) in [6.07, 6.45) is 1.21. The smallest absolute Gasteiger partial charge is 0.175 e. The maximum atomic E-state index is 11.8. The Labute approximate surface area is 159 Å². The summed E-state index contributed by atoms with van der Waals surface area (Å²) in [5.41, 5.74) is 3.58. The van der Waals surface area contributed by atoms with E-state index in [1.807, 2.05) is 41.9 Å². The summed E-state index contributed by atoms with van der Waals surface area (Å²) in [6.45, 7) is 2.46. The number of methoxy groups -OCH3 is 2. The van der Waals surface area contributed by atoms with Gasteiger partial charge in [0.25, 0.3) is 0 Å². The number of aryl methyl sites for hydroxylation is 1. The number of nitrogens with zero attached hydrogens (tertiary/aromatic N) is 2. The normalized spacial score (nSPS) is 11.4. The first-order chi connectivity index (χ1) is 12.8. The van der Waals surface area contributed by atoms with E-state index in [1.54, 1.807) is 32.4 Å². The van der Waals surface area contributed by atoms with Crippen LogP contribution in [-0.4, -0.2) is 38.7 Å². The molecule has 3 rings (SSSR count). The van der Waals surface area contributed by atoms with Gasteiger partial charge in [-0.3, -0.25) is 4.68 Å². The lowest BCUT2D eigenvalue weighted by molar-refractivity contribution is 0.355. The summed E-state index contributed by atoms with van der Waals surface area (Å²) in [4.78, 5) is 0.310. The Balaban J connectivity index is 1.92. The molecule has 6 nitrogen and oxygen atoms in total. The third kappa shape index (κ3) is 4.14. The van der Waals surface area contributed by atoms with Crippen LogP contribution in [0.15, 0.2) is 53.4 Å². The molecule has 0 aliphatic rings. The van der Waals surface area contributed by atoms with Gasteiger partial charge in [-0.1, -0.05) is 12.1 Å². The molecule has 1 heterocycles. The highest BCUT2D eigenvalue weighted by Crippen LogP contribution is 2.32. The van der Waals surface area contributed by atoms with Gasteiger partial charge in [0, 0.05) is 17.5 Å². The molecule has 0 unspecified atom stereocenters. The van der Waals surface area contributed by atoms with Gasteiger partial charge in [-0.2, -0.15) is 5.10 Å². The number of benzene rings is 2. The highest BCUT2D eigenvalue weighted by atomic mass is 32.2. The molecule has 1 aromatic heterocycles. The van der Waals surface area contributed by atoms with E-state index in [0.717, 1.165) is 22.5 Å². The molecular weight excluding hydrogens is 364 g/mol. The molecule has 0 spiro atoms. The minimum absolute atomic E-state index is 0.310. The van der Waals surface area contributed by atoms with Crippen molar-refractivity contribution in [1.82, 2.24) is 9.78 Å². The summed E-state index contributed by atoms with van der Waals surface area (Å²) in [6, 6.07) is 14.6. The molecule has 0 fully saturated rings. The lowest BCUT2D eigenvalue weighted by Gasteiger charge is -2.08. The molecule has 142 valence electrons. The quantitative estimate of drug-likeness (QED) is 0.650. The molecule has 0 aliphatic heterocycles. The molecule has 7 heteroatoms. The number of rotatable bonds is 6. The van der Waals surface area contributed by atoms with Gasteiger partial charge in [-0.25, -0.2) is 8.42 Å². The Morgan fingerprint density at radius 1 is 1.00 bits per heavy atom. The number of sulfone groups is 1. The van der Waals surface area contributed by atoms with Crippen molar-refractivity contribution in [1.29, 1.82) is 0 Å². The number of aromatic nitrogens is 2. The fourth-order valence-electron chi connectivity index (χ4n) is 2.85. The zero-order valence-electron chi connectivity index (χ0n) is 15.8. The summed E-state index contributed by atoms with van der Waals surface area (Å²) < 4.78 is 36.0. The third-order valence-corrected chi connectivity index (χ3v) is 5.43. The van der Waals surface area contributed by atoms with E-state index < -0.39 is 9.84 Å². The van der Waals surface area contributed by atoms with Crippen molar-refractivity contribution in [3.8, 4) is 22.8 Å². The largest absolute Gasteiger partial charge is 0.493 e. The zero-order chi connectivity index (χ0) is 19.6. The molecule has 0 atom stereocenters. The maximum absolute atomic E-state index is 11.8. The van der Waals surface area contributed by atoms with E-state index in [4.69, 9.17) is 9.47 Å². The summed E-state index contributed by atoms with van der Waals surface area (Å²) in [5.74, 6) is 1.30. The van der Waals surface area contributed by atoms with E-state index in [9.17, 15) is 8.42 Å². The van der Waals surface area contributed by atoms with E-state index in [-0.39, 0.29) is 0 Å². The average Bonchev–Trinajstić information content (AvgIpc) is 3.01. The molecule has 2 aromatic carbocycles. The van der Waals surface area contributed by atoms with Crippen molar-refractivity contribution in [2.45, 2.75) is 18.4 Å². The van der Waals surface area contributed by atoms with Crippen LogP contribution >= 0.6 is 0 Å². The first kappa shape index (κ1) is 19.0. The van der Waals surface area contributed by atoms with Crippen molar-refractivity contribution in [2.24, 2.45) is 0 Å². The van der Waals surface area contributed by atoms with Gasteiger partial charge in [0.05, 0.1) is 31.4 Å². The molecule has 0 saturated heterocycles. The number of hydrogen-bond donors (Lipinski definition) is 0. The summed E-state index contributed by atoms with van der Waals surface area (Å²) >= 11 is 0. The van der Waals surface area contributed by atoms with Crippen molar-refractivity contribution in [3.05, 3.63) is 59.8 Å². The molecule has 27 heavy (non-hydrogen) atoms. The minimum atomic E-state index is -3.24. The SMILES string of the molecule is COc1ccc(-c2cc(C)n(Cc3cccc(S(C)(=O)=O)c3)n2)cc1OC. The van der Waals surface area contributed by atoms with Gasteiger partial charge in [0.2, 0.25) is 0 Å². The van der Waals surface area contributed by atoms with Crippen LogP contribution in [0.4, 0.5) is 0 Å². The van der Waals surface area contributed by atoms with Gasteiger partial charge in [0.1, 0.15) is 0 Å². The molecule has 0 radical (unpaired) electrons. The second kappa shape index (κ2) is 7.44. The predicted molar refractivity (Wildman–Crippen MR) is 104 cm³/mol. The van der Waals surface area contributed by atoms with Crippen molar-refractivity contribution >= 4 is 9.84 Å². The first-order valence-corrected chi connectivity index (χ1v) is 10.3. The van der Waals surface area contributed by atoms with Gasteiger partial charge >= 0.3 is 0 Å². The summed E-state index contributed by atoms with van der Waals surface area (Å²) in [7, 11) is -0.0396. The van der Waals surface area contributed by atoms with Crippen LogP contribution in [0, 0.1) is 6.92 Å².